The van der Waals surface area contributed by atoms with Crippen LogP contribution in [0.4, 0.5) is 0 Å². The summed E-state index contributed by atoms with van der Waals surface area (Å²) in [5.74, 6) is 1.71. The zero-order chi connectivity index (χ0) is 17.8. The molecular weight excluding hydrogens is 316 g/mol. The molecule has 4 rings (SSSR count). The second-order valence-electron chi connectivity index (χ2n) is 7.05. The van der Waals surface area contributed by atoms with Gasteiger partial charge in [0.15, 0.2) is 0 Å². The monoisotopic (exact) mass is 336 g/mol. The van der Waals surface area contributed by atoms with E-state index >= 15 is 0 Å². The van der Waals surface area contributed by atoms with Gasteiger partial charge in [0.1, 0.15) is 35.2 Å². The van der Waals surface area contributed by atoms with Gasteiger partial charge in [0, 0.05) is 22.8 Å². The lowest BCUT2D eigenvalue weighted by Crippen LogP contribution is -2.28. The Hall–Kier alpha value is -2.88. The van der Waals surface area contributed by atoms with Gasteiger partial charge in [-0.3, -0.25) is 0 Å². The van der Waals surface area contributed by atoms with E-state index in [1.807, 2.05) is 45.1 Å². The Balaban J connectivity index is 1.83. The molecule has 2 N–H and O–H groups in total. The first-order valence-electron chi connectivity index (χ1n) is 8.26. The highest BCUT2D eigenvalue weighted by Crippen LogP contribution is 2.45. The highest BCUT2D eigenvalue weighted by atomic mass is 16.5. The van der Waals surface area contributed by atoms with Crippen molar-refractivity contribution in [3.8, 4) is 23.0 Å². The quantitative estimate of drug-likeness (QED) is 0.804. The Morgan fingerprint density at radius 1 is 1.08 bits per heavy atom. The molecule has 0 spiro atoms. The van der Waals surface area contributed by atoms with E-state index in [4.69, 9.17) is 9.47 Å². The SMILES string of the molecule is Cc1cc2c(c3c1C=C(c1ccc(O)cc1O)CO3)C=CC(C)(C)O2. The zero-order valence-corrected chi connectivity index (χ0v) is 14.5. The zero-order valence-electron chi connectivity index (χ0n) is 14.5. The lowest BCUT2D eigenvalue weighted by atomic mass is 9.92. The number of rotatable bonds is 1. The maximum atomic E-state index is 10.1. The van der Waals surface area contributed by atoms with E-state index < -0.39 is 0 Å². The predicted molar refractivity (Wildman–Crippen MR) is 98.1 cm³/mol. The van der Waals surface area contributed by atoms with E-state index in [0.717, 1.165) is 33.8 Å². The molecule has 4 heteroatoms. The molecule has 0 fully saturated rings. The fourth-order valence-corrected chi connectivity index (χ4v) is 3.28. The minimum Gasteiger partial charge on any atom is -0.508 e. The molecule has 2 aromatic rings. The van der Waals surface area contributed by atoms with Crippen LogP contribution in [0, 0.1) is 6.92 Å². The van der Waals surface area contributed by atoms with Gasteiger partial charge < -0.3 is 19.7 Å². The third-order valence-corrected chi connectivity index (χ3v) is 4.57. The summed E-state index contributed by atoms with van der Waals surface area (Å²) in [7, 11) is 0. The Bertz CT molecular complexity index is 935. The molecule has 0 bridgehead atoms. The normalized spacial score (nSPS) is 17.0. The molecule has 0 atom stereocenters. The Morgan fingerprint density at radius 3 is 2.64 bits per heavy atom. The summed E-state index contributed by atoms with van der Waals surface area (Å²) in [5, 5.41) is 19.6. The molecule has 2 heterocycles. The minimum absolute atomic E-state index is 0.0362. The highest BCUT2D eigenvalue weighted by molar-refractivity contribution is 5.90. The van der Waals surface area contributed by atoms with Crippen LogP contribution in [0.25, 0.3) is 17.7 Å². The molecule has 25 heavy (non-hydrogen) atoms. The van der Waals surface area contributed by atoms with Crippen molar-refractivity contribution in [2.45, 2.75) is 26.4 Å². The lowest BCUT2D eigenvalue weighted by Gasteiger charge is -2.31. The molecule has 0 aromatic heterocycles. The van der Waals surface area contributed by atoms with Gasteiger partial charge in [-0.05, 0) is 62.8 Å². The van der Waals surface area contributed by atoms with E-state index in [9.17, 15) is 10.2 Å². The van der Waals surface area contributed by atoms with E-state index in [0.29, 0.717) is 12.2 Å². The second-order valence-corrected chi connectivity index (χ2v) is 7.05. The van der Waals surface area contributed by atoms with Crippen LogP contribution in [0.1, 0.15) is 36.1 Å². The van der Waals surface area contributed by atoms with Crippen molar-refractivity contribution < 1.29 is 19.7 Å². The van der Waals surface area contributed by atoms with Crippen molar-refractivity contribution in [3.63, 3.8) is 0 Å². The molecule has 2 aliphatic heterocycles. The van der Waals surface area contributed by atoms with Gasteiger partial charge in [-0.15, -0.1) is 0 Å². The fraction of sp³-hybridized carbons (Fsp3) is 0.238. The molecule has 0 saturated heterocycles. The summed E-state index contributed by atoms with van der Waals surface area (Å²) >= 11 is 0. The predicted octanol–water partition coefficient (Wildman–Crippen LogP) is 4.52. The summed E-state index contributed by atoms with van der Waals surface area (Å²) in [6, 6.07) is 6.62. The van der Waals surface area contributed by atoms with E-state index in [1.165, 1.54) is 6.07 Å². The first kappa shape index (κ1) is 15.6. The van der Waals surface area contributed by atoms with Crippen LogP contribution < -0.4 is 9.47 Å². The van der Waals surface area contributed by atoms with Crippen LogP contribution in [0.5, 0.6) is 23.0 Å². The number of benzene rings is 2. The Kier molecular flexibility index (Phi) is 3.32. The smallest absolute Gasteiger partial charge is 0.138 e. The summed E-state index contributed by atoms with van der Waals surface area (Å²) in [6.07, 6.45) is 6.11. The average Bonchev–Trinajstić information content (AvgIpc) is 2.54. The van der Waals surface area contributed by atoms with E-state index in [1.54, 1.807) is 12.1 Å². The molecular formula is C21H20O4. The number of aromatic hydroxyl groups is 2. The van der Waals surface area contributed by atoms with Gasteiger partial charge in [0.05, 0.1) is 5.56 Å². The first-order chi connectivity index (χ1) is 11.8. The van der Waals surface area contributed by atoms with Crippen molar-refractivity contribution in [1.29, 1.82) is 0 Å². The molecule has 128 valence electrons. The first-order valence-corrected chi connectivity index (χ1v) is 8.26. The van der Waals surface area contributed by atoms with Crippen LogP contribution in [-0.4, -0.2) is 22.4 Å². The maximum Gasteiger partial charge on any atom is 0.138 e. The largest absolute Gasteiger partial charge is 0.508 e. The number of phenolic OH excluding ortho intramolecular Hbond substituents is 2. The summed E-state index contributed by atoms with van der Waals surface area (Å²) in [4.78, 5) is 0. The molecule has 0 amide bonds. The molecule has 0 aliphatic carbocycles. The van der Waals surface area contributed by atoms with Gasteiger partial charge in [-0.25, -0.2) is 0 Å². The van der Waals surface area contributed by atoms with Gasteiger partial charge in [0.2, 0.25) is 0 Å². The molecule has 0 saturated carbocycles. The number of ether oxygens (including phenoxy) is 2. The summed E-state index contributed by atoms with van der Waals surface area (Å²) < 4.78 is 12.1. The third-order valence-electron chi connectivity index (χ3n) is 4.57. The van der Waals surface area contributed by atoms with Crippen molar-refractivity contribution in [2.75, 3.05) is 6.61 Å². The van der Waals surface area contributed by atoms with E-state index in [-0.39, 0.29) is 17.1 Å². The molecule has 2 aromatic carbocycles. The summed E-state index contributed by atoms with van der Waals surface area (Å²) in [5.41, 5.74) is 4.18. The Labute approximate surface area is 146 Å². The van der Waals surface area contributed by atoms with Crippen molar-refractivity contribution >= 4 is 17.7 Å². The average molecular weight is 336 g/mol. The number of phenols is 2. The van der Waals surface area contributed by atoms with Gasteiger partial charge in [-0.2, -0.15) is 0 Å². The molecule has 0 unspecified atom stereocenters. The van der Waals surface area contributed by atoms with Crippen LogP contribution >= 0.6 is 0 Å². The Morgan fingerprint density at radius 2 is 1.88 bits per heavy atom. The van der Waals surface area contributed by atoms with Crippen LogP contribution in [0.2, 0.25) is 0 Å². The van der Waals surface area contributed by atoms with Gasteiger partial charge in [0.25, 0.3) is 0 Å². The maximum absolute atomic E-state index is 10.1. The standard InChI is InChI=1S/C21H20O4/c1-12-8-19-16(6-7-21(2,3)25-19)20-17(12)9-13(11-24-20)15-5-4-14(22)10-18(15)23/h4-10,22-23H,11H2,1-3H3. The van der Waals surface area contributed by atoms with Crippen LogP contribution in [0.3, 0.4) is 0 Å². The van der Waals surface area contributed by atoms with Gasteiger partial charge >= 0.3 is 0 Å². The highest BCUT2D eigenvalue weighted by Gasteiger charge is 2.28. The number of aryl methyl sites for hydroxylation is 1. The van der Waals surface area contributed by atoms with Gasteiger partial charge in [-0.1, -0.05) is 0 Å². The number of hydrogen-bond donors (Lipinski definition) is 2. The summed E-state index contributed by atoms with van der Waals surface area (Å²) in [6.45, 7) is 6.41. The number of hydrogen-bond acceptors (Lipinski definition) is 4. The van der Waals surface area contributed by atoms with Crippen LogP contribution in [-0.2, 0) is 0 Å². The number of fused-ring (bicyclic) bond motifs is 3. The van der Waals surface area contributed by atoms with E-state index in [2.05, 4.69) is 0 Å². The minimum atomic E-state index is -0.332. The van der Waals surface area contributed by atoms with Crippen molar-refractivity contribution in [2.24, 2.45) is 0 Å². The fourth-order valence-electron chi connectivity index (χ4n) is 3.28. The third kappa shape index (κ3) is 2.64. The topological polar surface area (TPSA) is 58.9 Å². The lowest BCUT2D eigenvalue weighted by molar-refractivity contribution is 0.158. The molecule has 4 nitrogen and oxygen atoms in total. The van der Waals surface area contributed by atoms with Crippen molar-refractivity contribution in [3.05, 3.63) is 52.6 Å². The van der Waals surface area contributed by atoms with Crippen molar-refractivity contribution in [1.82, 2.24) is 0 Å². The molecule has 0 radical (unpaired) electrons. The molecule has 2 aliphatic rings. The second kappa shape index (κ2) is 5.31. The van der Waals surface area contributed by atoms with Crippen LogP contribution in [0.15, 0.2) is 30.3 Å².